The highest BCUT2D eigenvalue weighted by Crippen LogP contribution is 2.38. The van der Waals surface area contributed by atoms with E-state index in [9.17, 15) is 0 Å². The molecule has 0 aromatic heterocycles. The van der Waals surface area contributed by atoms with Gasteiger partial charge in [-0.15, -0.1) is 0 Å². The Morgan fingerprint density at radius 2 is 1.14 bits per heavy atom. The largest absolute Gasteiger partial charge is 0.465 e. The van der Waals surface area contributed by atoms with E-state index in [0.29, 0.717) is 0 Å². The maximum Gasteiger partial charge on any atom is 0.156 e. The van der Waals surface area contributed by atoms with Crippen LogP contribution in [0.3, 0.4) is 0 Å². The lowest BCUT2D eigenvalue weighted by Gasteiger charge is -2.59. The Balaban J connectivity index is 3.20. The normalized spacial score (nSPS) is 34.3. The van der Waals surface area contributed by atoms with Crippen molar-refractivity contribution in [3.63, 3.8) is 0 Å². The Morgan fingerprint density at radius 1 is 0.714 bits per heavy atom. The molecule has 0 atom stereocenters. The Bertz CT molecular complexity index is 220. The Morgan fingerprint density at radius 3 is 1.50 bits per heavy atom. The summed E-state index contributed by atoms with van der Waals surface area (Å²) in [5, 5.41) is 0. The number of hydrogen-bond donors (Lipinski definition) is 0. The quantitative estimate of drug-likeness (QED) is 0.617. The van der Waals surface area contributed by atoms with E-state index in [4.69, 9.17) is 4.12 Å². The minimum atomic E-state index is -1.25. The van der Waals surface area contributed by atoms with Gasteiger partial charge >= 0.3 is 0 Å². The lowest BCUT2D eigenvalue weighted by molar-refractivity contribution is 0.623. The molecule has 1 saturated heterocycles. The molecule has 6 heteroatoms. The lowest BCUT2D eigenvalue weighted by Crippen LogP contribution is -2.86. The summed E-state index contributed by atoms with van der Waals surface area (Å²) in [5.41, 5.74) is 0. The van der Waals surface area contributed by atoms with Gasteiger partial charge in [0.25, 0.3) is 0 Å². The van der Waals surface area contributed by atoms with Crippen LogP contribution < -0.4 is 0 Å². The summed E-state index contributed by atoms with van der Waals surface area (Å²) in [5.74, 6) is 0. The highest BCUT2D eigenvalue weighted by molar-refractivity contribution is 7.90. The van der Waals surface area contributed by atoms with Gasteiger partial charge in [-0.05, 0) is 13.1 Å². The molecule has 0 radical (unpaired) electrons. The van der Waals surface area contributed by atoms with Crippen molar-refractivity contribution in [1.29, 1.82) is 0 Å². The first-order valence-corrected chi connectivity index (χ1v) is 23.4. The van der Waals surface area contributed by atoms with Gasteiger partial charge in [-0.3, -0.25) is 0 Å². The van der Waals surface area contributed by atoms with Gasteiger partial charge in [0.1, 0.15) is 9.28 Å². The average Bonchev–Trinajstić information content (AvgIpc) is 1.98. The van der Waals surface area contributed by atoms with Crippen molar-refractivity contribution < 1.29 is 4.12 Å². The van der Waals surface area contributed by atoms with E-state index in [0.717, 1.165) is 0 Å². The summed E-state index contributed by atoms with van der Waals surface area (Å²) in [4.78, 5) is 0. The van der Waals surface area contributed by atoms with Gasteiger partial charge < -0.3 is 4.12 Å². The molecule has 0 aliphatic carbocycles. The Hall–Kier alpha value is 1.04. The van der Waals surface area contributed by atoms with Crippen LogP contribution in [0.2, 0.25) is 52.4 Å². The minimum Gasteiger partial charge on any atom is -0.465 e. The van der Waals surface area contributed by atoms with E-state index in [2.05, 4.69) is 52.4 Å². The molecule has 0 aromatic rings. The third-order valence-electron chi connectivity index (χ3n) is 5.55. The Kier molecular flexibility index (Phi) is 3.06. The van der Waals surface area contributed by atoms with Crippen LogP contribution in [-0.2, 0) is 4.12 Å². The molecular weight excluding hydrogens is 253 g/mol. The van der Waals surface area contributed by atoms with Crippen molar-refractivity contribution in [3.8, 4) is 0 Å². The van der Waals surface area contributed by atoms with Crippen LogP contribution in [0, 0.1) is 0 Å². The highest BCUT2D eigenvalue weighted by atomic mass is 29.9. The molecule has 0 unspecified atom stereocenters. The van der Waals surface area contributed by atoms with Crippen LogP contribution in [0.5, 0.6) is 0 Å². The molecule has 0 amide bonds. The van der Waals surface area contributed by atoms with Gasteiger partial charge in [-0.2, -0.15) is 0 Å². The maximum absolute atomic E-state index is 6.47. The van der Waals surface area contributed by atoms with Gasteiger partial charge in [0.05, 0.1) is 14.2 Å². The fourth-order valence-electron chi connectivity index (χ4n) is 2.32. The molecule has 1 aliphatic heterocycles. The smallest absolute Gasteiger partial charge is 0.156 e. The topological polar surface area (TPSA) is 9.23 Å². The van der Waals surface area contributed by atoms with E-state index in [1.54, 1.807) is 0 Å². The highest BCUT2D eigenvalue weighted by Gasteiger charge is 2.63. The number of rotatable bonds is 0. The van der Waals surface area contributed by atoms with Crippen LogP contribution in [0.1, 0.15) is 0 Å². The third-order valence-corrected chi connectivity index (χ3v) is 90.0. The van der Waals surface area contributed by atoms with Crippen LogP contribution in [-0.4, -0.2) is 38.4 Å². The van der Waals surface area contributed by atoms with Crippen LogP contribution >= 0.6 is 0 Å². The van der Waals surface area contributed by atoms with Gasteiger partial charge in [0.2, 0.25) is 0 Å². The molecule has 1 heterocycles. The second kappa shape index (κ2) is 3.27. The Labute approximate surface area is 94.9 Å². The molecule has 1 aliphatic rings. The summed E-state index contributed by atoms with van der Waals surface area (Å²) in [7, 11) is -4.21. The van der Waals surface area contributed by atoms with Gasteiger partial charge in [-0.1, -0.05) is 39.3 Å². The fourth-order valence-corrected chi connectivity index (χ4v) is 104. The van der Waals surface area contributed by atoms with Crippen molar-refractivity contribution in [3.05, 3.63) is 0 Å². The molecule has 1 rings (SSSR count). The molecule has 14 heavy (non-hydrogen) atoms. The van der Waals surface area contributed by atoms with E-state index in [1.807, 2.05) is 0 Å². The molecular formula is C8H26OSi5. The lowest BCUT2D eigenvalue weighted by atomic mass is 11.9. The zero-order valence-corrected chi connectivity index (χ0v) is 16.5. The predicted molar refractivity (Wildman–Crippen MR) is 79.6 cm³/mol. The zero-order chi connectivity index (χ0) is 11.4. The van der Waals surface area contributed by atoms with Crippen molar-refractivity contribution in [2.45, 2.75) is 52.4 Å². The van der Waals surface area contributed by atoms with E-state index in [1.165, 1.54) is 0 Å². The predicted octanol–water partition coefficient (Wildman–Crippen LogP) is 2.16. The van der Waals surface area contributed by atoms with Gasteiger partial charge in [-0.25, -0.2) is 0 Å². The minimum absolute atomic E-state index is 0.144. The third kappa shape index (κ3) is 1.54. The summed E-state index contributed by atoms with van der Waals surface area (Å²) < 4.78 is 6.47. The molecule has 1 fully saturated rings. The zero-order valence-electron chi connectivity index (χ0n) is 11.1. The van der Waals surface area contributed by atoms with E-state index in [-0.39, 0.29) is 9.28 Å². The molecule has 0 saturated carbocycles. The first-order valence-electron chi connectivity index (χ1n) is 5.60. The average molecular weight is 279 g/mol. The molecule has 0 bridgehead atoms. The van der Waals surface area contributed by atoms with Crippen molar-refractivity contribution in [2.24, 2.45) is 0 Å². The van der Waals surface area contributed by atoms with Crippen LogP contribution in [0.25, 0.3) is 0 Å². The fraction of sp³-hybridized carbons (Fsp3) is 1.00. The van der Waals surface area contributed by atoms with Gasteiger partial charge in [0.15, 0.2) is 7.83 Å². The van der Waals surface area contributed by atoms with Crippen LogP contribution in [0.4, 0.5) is 0 Å². The molecule has 0 N–H and O–H groups in total. The summed E-state index contributed by atoms with van der Waals surface area (Å²) in [6.45, 7) is 21.0. The second-order valence-electron chi connectivity index (χ2n) is 6.93. The SMILES string of the molecule is C[Si]1(C)O[SiH2][Si](C)(C)[Si](C)(C)[Si]1(C)C. The van der Waals surface area contributed by atoms with Crippen molar-refractivity contribution in [2.75, 3.05) is 0 Å². The molecule has 84 valence electrons. The second-order valence-corrected chi connectivity index (χ2v) is 55.6. The molecule has 1 nitrogen and oxygen atoms in total. The first kappa shape index (κ1) is 13.1. The maximum atomic E-state index is 6.47. The summed E-state index contributed by atoms with van der Waals surface area (Å²) >= 11 is 0. The standard InChI is InChI=1S/C8H26OSi5/c1-11(2)9-10-12(3,4)14(7,8)13(11,5)6/h10H2,1-8H3. The van der Waals surface area contributed by atoms with Crippen LogP contribution in [0.15, 0.2) is 0 Å². The summed E-state index contributed by atoms with van der Waals surface area (Å²) in [6, 6.07) is 0. The summed E-state index contributed by atoms with van der Waals surface area (Å²) in [6.07, 6.45) is 0. The van der Waals surface area contributed by atoms with Crippen molar-refractivity contribution >= 4 is 38.4 Å². The number of hydrogen-bond acceptors (Lipinski definition) is 1. The van der Waals surface area contributed by atoms with Gasteiger partial charge in [0, 0.05) is 7.11 Å². The van der Waals surface area contributed by atoms with E-state index >= 15 is 0 Å². The van der Waals surface area contributed by atoms with Crippen molar-refractivity contribution in [1.82, 2.24) is 0 Å². The molecule has 0 aromatic carbocycles. The first-order chi connectivity index (χ1) is 5.96. The monoisotopic (exact) mass is 278 g/mol. The molecule has 0 spiro atoms. The van der Waals surface area contributed by atoms with E-state index < -0.39 is 29.2 Å².